The van der Waals surface area contributed by atoms with Crippen LogP contribution in [0.3, 0.4) is 0 Å². The molecule has 1 aliphatic carbocycles. The number of rotatable bonds is 4. The van der Waals surface area contributed by atoms with Gasteiger partial charge in [-0.25, -0.2) is 9.48 Å². The summed E-state index contributed by atoms with van der Waals surface area (Å²) >= 11 is 0. The molecule has 2 aromatic rings. The zero-order chi connectivity index (χ0) is 16.4. The lowest BCUT2D eigenvalue weighted by atomic mass is 9.89. The van der Waals surface area contributed by atoms with Gasteiger partial charge in [0, 0.05) is 24.6 Å². The van der Waals surface area contributed by atoms with Crippen molar-refractivity contribution in [3.05, 3.63) is 46.8 Å². The number of unbranched alkanes of at least 4 members (excludes halogenated alkanes) is 1. The van der Waals surface area contributed by atoms with E-state index in [-0.39, 0.29) is 5.78 Å². The molecule has 0 bridgehead atoms. The average Bonchev–Trinajstić information content (AvgIpc) is 2.96. The van der Waals surface area contributed by atoms with Crippen LogP contribution < -0.4 is 0 Å². The van der Waals surface area contributed by atoms with Crippen molar-refractivity contribution in [2.75, 3.05) is 0 Å². The van der Waals surface area contributed by atoms with Gasteiger partial charge in [0.15, 0.2) is 0 Å². The van der Waals surface area contributed by atoms with Gasteiger partial charge in [0.2, 0.25) is 5.78 Å². The standard InChI is InChI=1S/C16H16N4O3/c1-3-4-9-20-15-14(17-19-20)13(18-23-10(2)21)11-7-5-6-8-12(11)16(15)22/h5-8H,3-4,9H2,1-2H3/b18-13-. The molecule has 1 heterocycles. The van der Waals surface area contributed by atoms with Crippen molar-refractivity contribution in [3.63, 3.8) is 0 Å². The first kappa shape index (κ1) is 15.1. The van der Waals surface area contributed by atoms with Crippen molar-refractivity contribution >= 4 is 17.5 Å². The lowest BCUT2D eigenvalue weighted by Crippen LogP contribution is -2.24. The summed E-state index contributed by atoms with van der Waals surface area (Å²) in [5, 5.41) is 12.1. The Morgan fingerprint density at radius 3 is 2.74 bits per heavy atom. The van der Waals surface area contributed by atoms with Gasteiger partial charge in [-0.3, -0.25) is 4.79 Å². The lowest BCUT2D eigenvalue weighted by molar-refractivity contribution is -0.140. The third-order valence-corrected chi connectivity index (χ3v) is 3.59. The highest BCUT2D eigenvalue weighted by Crippen LogP contribution is 2.26. The maximum absolute atomic E-state index is 12.8. The van der Waals surface area contributed by atoms with Crippen LogP contribution in [0.25, 0.3) is 0 Å². The molecule has 0 amide bonds. The maximum Gasteiger partial charge on any atom is 0.332 e. The van der Waals surface area contributed by atoms with E-state index < -0.39 is 5.97 Å². The number of carbonyl (C=O) groups excluding carboxylic acids is 2. The second-order valence-corrected chi connectivity index (χ2v) is 5.26. The quantitative estimate of drug-likeness (QED) is 0.543. The fourth-order valence-electron chi connectivity index (χ4n) is 2.51. The molecule has 0 spiro atoms. The van der Waals surface area contributed by atoms with Gasteiger partial charge >= 0.3 is 5.97 Å². The molecule has 0 saturated carbocycles. The molecule has 23 heavy (non-hydrogen) atoms. The molecule has 118 valence electrons. The monoisotopic (exact) mass is 312 g/mol. The van der Waals surface area contributed by atoms with E-state index in [9.17, 15) is 9.59 Å². The summed E-state index contributed by atoms with van der Waals surface area (Å²) in [6.07, 6.45) is 1.87. The Hall–Kier alpha value is -2.83. The molecule has 0 N–H and O–H groups in total. The SMILES string of the molecule is CCCCn1nnc2c1C(=O)c1ccccc1/C2=N/OC(C)=O. The molecule has 7 nitrogen and oxygen atoms in total. The molecule has 7 heteroatoms. The number of hydrogen-bond donors (Lipinski definition) is 0. The van der Waals surface area contributed by atoms with Gasteiger partial charge in [-0.2, -0.15) is 0 Å². The number of oxime groups is 1. The molecule has 3 rings (SSSR count). The predicted octanol–water partition coefficient (Wildman–Crippen LogP) is 1.94. The van der Waals surface area contributed by atoms with Crippen LogP contribution in [0.1, 0.15) is 54.0 Å². The van der Waals surface area contributed by atoms with Crippen LogP contribution >= 0.6 is 0 Å². The fraction of sp³-hybridized carbons (Fsp3) is 0.312. The molecule has 1 aliphatic rings. The van der Waals surface area contributed by atoms with Crippen LogP contribution in [-0.4, -0.2) is 32.5 Å². The molecular weight excluding hydrogens is 296 g/mol. The Bertz CT molecular complexity index is 807. The topological polar surface area (TPSA) is 86.4 Å². The van der Waals surface area contributed by atoms with E-state index in [0.29, 0.717) is 34.8 Å². The number of ketones is 1. The van der Waals surface area contributed by atoms with Gasteiger partial charge < -0.3 is 4.84 Å². The molecule has 1 aromatic carbocycles. The van der Waals surface area contributed by atoms with Crippen LogP contribution in [0.4, 0.5) is 0 Å². The molecule has 1 aromatic heterocycles. The van der Waals surface area contributed by atoms with Gasteiger partial charge in [-0.05, 0) is 6.42 Å². The van der Waals surface area contributed by atoms with Gasteiger partial charge in [-0.1, -0.05) is 48.0 Å². The third-order valence-electron chi connectivity index (χ3n) is 3.59. The molecule has 0 saturated heterocycles. The van der Waals surface area contributed by atoms with E-state index in [2.05, 4.69) is 22.4 Å². The predicted molar refractivity (Wildman–Crippen MR) is 82.2 cm³/mol. The first-order chi connectivity index (χ1) is 11.1. The number of hydrogen-bond acceptors (Lipinski definition) is 6. The number of carbonyl (C=O) groups is 2. The van der Waals surface area contributed by atoms with Crippen LogP contribution in [0, 0.1) is 0 Å². The zero-order valence-corrected chi connectivity index (χ0v) is 12.9. The highest BCUT2D eigenvalue weighted by Gasteiger charge is 2.34. The smallest absolute Gasteiger partial charge is 0.318 e. The van der Waals surface area contributed by atoms with Crippen LogP contribution in [0.5, 0.6) is 0 Å². The Balaban J connectivity index is 2.15. The van der Waals surface area contributed by atoms with Crippen LogP contribution in [-0.2, 0) is 16.2 Å². The van der Waals surface area contributed by atoms with Crippen molar-refractivity contribution < 1.29 is 14.4 Å². The Kier molecular flexibility index (Phi) is 4.01. The Morgan fingerprint density at radius 1 is 1.30 bits per heavy atom. The van der Waals surface area contributed by atoms with Crippen molar-refractivity contribution in [2.45, 2.75) is 33.2 Å². The highest BCUT2D eigenvalue weighted by atomic mass is 16.7. The minimum Gasteiger partial charge on any atom is -0.318 e. The van der Waals surface area contributed by atoms with E-state index in [1.807, 2.05) is 0 Å². The Labute approximate surface area is 132 Å². The molecule has 0 radical (unpaired) electrons. The van der Waals surface area contributed by atoms with Crippen molar-refractivity contribution in [1.29, 1.82) is 0 Å². The van der Waals surface area contributed by atoms with Gasteiger partial charge in [0.1, 0.15) is 17.1 Å². The first-order valence-corrected chi connectivity index (χ1v) is 7.47. The van der Waals surface area contributed by atoms with Crippen LogP contribution in [0.2, 0.25) is 0 Å². The second kappa shape index (κ2) is 6.12. The molecule has 0 aliphatic heterocycles. The number of nitrogens with zero attached hydrogens (tertiary/aromatic N) is 4. The van der Waals surface area contributed by atoms with Gasteiger partial charge in [0.05, 0.1) is 0 Å². The lowest BCUT2D eigenvalue weighted by Gasteiger charge is -2.16. The minimum atomic E-state index is -0.535. The van der Waals surface area contributed by atoms with Crippen molar-refractivity contribution in [2.24, 2.45) is 5.16 Å². The summed E-state index contributed by atoms with van der Waals surface area (Å²) in [5.74, 6) is -0.676. The zero-order valence-electron chi connectivity index (χ0n) is 12.9. The summed E-state index contributed by atoms with van der Waals surface area (Å²) in [6, 6.07) is 7.05. The van der Waals surface area contributed by atoms with E-state index in [1.54, 1.807) is 28.9 Å². The normalized spacial score (nSPS) is 14.5. The third kappa shape index (κ3) is 2.65. The summed E-state index contributed by atoms with van der Waals surface area (Å²) in [4.78, 5) is 28.6. The molecule has 0 atom stereocenters. The maximum atomic E-state index is 12.8. The van der Waals surface area contributed by atoms with E-state index >= 15 is 0 Å². The summed E-state index contributed by atoms with van der Waals surface area (Å²) in [7, 11) is 0. The van der Waals surface area contributed by atoms with Crippen molar-refractivity contribution in [1.82, 2.24) is 15.0 Å². The van der Waals surface area contributed by atoms with E-state index in [4.69, 9.17) is 4.84 Å². The highest BCUT2D eigenvalue weighted by molar-refractivity contribution is 6.28. The Morgan fingerprint density at radius 2 is 2.04 bits per heavy atom. The number of fused-ring (bicyclic) bond motifs is 2. The fourth-order valence-corrected chi connectivity index (χ4v) is 2.51. The number of aryl methyl sites for hydroxylation is 1. The minimum absolute atomic E-state index is 0.140. The van der Waals surface area contributed by atoms with Gasteiger partial charge in [-0.15, -0.1) is 5.10 Å². The number of benzene rings is 1. The van der Waals surface area contributed by atoms with E-state index in [0.717, 1.165) is 12.8 Å². The first-order valence-electron chi connectivity index (χ1n) is 7.47. The summed E-state index contributed by atoms with van der Waals surface area (Å²) < 4.78 is 1.60. The largest absolute Gasteiger partial charge is 0.332 e. The molecule has 0 fully saturated rings. The molecule has 0 unspecified atom stereocenters. The number of aromatic nitrogens is 3. The average molecular weight is 312 g/mol. The van der Waals surface area contributed by atoms with Gasteiger partial charge in [0.25, 0.3) is 0 Å². The summed E-state index contributed by atoms with van der Waals surface area (Å²) in [5.41, 5.74) is 2.20. The van der Waals surface area contributed by atoms with Crippen LogP contribution in [0.15, 0.2) is 29.4 Å². The van der Waals surface area contributed by atoms with E-state index in [1.165, 1.54) is 6.92 Å². The van der Waals surface area contributed by atoms with Crippen molar-refractivity contribution in [3.8, 4) is 0 Å². The molecular formula is C16H16N4O3. The summed E-state index contributed by atoms with van der Waals surface area (Å²) in [6.45, 7) is 3.94. The second-order valence-electron chi connectivity index (χ2n) is 5.26.